The average molecular weight is 537 g/mol. The number of hydrogen-bond acceptors (Lipinski definition) is 3. The van der Waals surface area contributed by atoms with Crippen molar-refractivity contribution in [2.75, 3.05) is 0 Å². The fourth-order valence-electron chi connectivity index (χ4n) is 4.61. The third-order valence-electron chi connectivity index (χ3n) is 6.49. The first kappa shape index (κ1) is 27.6. The highest BCUT2D eigenvalue weighted by molar-refractivity contribution is 5.96. The summed E-state index contributed by atoms with van der Waals surface area (Å²) in [5, 5.41) is 9.48. The van der Waals surface area contributed by atoms with Crippen LogP contribution in [0.1, 0.15) is 57.4 Å². The molecule has 39 heavy (non-hydrogen) atoms. The summed E-state index contributed by atoms with van der Waals surface area (Å²) in [4.78, 5) is 38.1. The largest absolute Gasteiger partial charge is 0.478 e. The van der Waals surface area contributed by atoms with E-state index in [1.807, 2.05) is 6.92 Å². The third kappa shape index (κ3) is 6.03. The predicted molar refractivity (Wildman–Crippen MR) is 141 cm³/mol. The summed E-state index contributed by atoms with van der Waals surface area (Å²) < 4.78 is 44.3. The normalized spacial score (nSPS) is 11.5. The van der Waals surface area contributed by atoms with Crippen LogP contribution in [0.25, 0.3) is 11.1 Å². The number of aromatic nitrogens is 2. The lowest BCUT2D eigenvalue weighted by molar-refractivity contribution is -0.143. The van der Waals surface area contributed by atoms with Gasteiger partial charge in [0.2, 0.25) is 5.91 Å². The Hall–Kier alpha value is -4.40. The van der Waals surface area contributed by atoms with Crippen LogP contribution in [0.5, 0.6) is 0 Å². The smallest absolute Gasteiger partial charge is 0.433 e. The van der Waals surface area contributed by atoms with Gasteiger partial charge in [-0.1, -0.05) is 86.1 Å². The zero-order valence-corrected chi connectivity index (χ0v) is 21.2. The van der Waals surface area contributed by atoms with E-state index in [-0.39, 0.29) is 35.2 Å². The number of carbonyl (C=O) groups is 2. The molecule has 4 aromatic rings. The molecule has 0 unspecified atom stereocenters. The molecule has 0 spiro atoms. The number of halogens is 3. The number of carboxylic acid groups (broad SMARTS) is 1. The predicted octanol–water partition coefficient (Wildman–Crippen LogP) is 6.31. The summed E-state index contributed by atoms with van der Waals surface area (Å²) in [5.41, 5.74) is -0.224. The maximum Gasteiger partial charge on any atom is 0.433 e. The second kappa shape index (κ2) is 11.6. The van der Waals surface area contributed by atoms with E-state index in [0.717, 1.165) is 4.57 Å². The number of carbonyl (C=O) groups excluding carboxylic acids is 1. The minimum Gasteiger partial charge on any atom is -0.478 e. The maximum atomic E-state index is 14.3. The van der Waals surface area contributed by atoms with Gasteiger partial charge in [0.15, 0.2) is 5.69 Å². The molecule has 0 aliphatic rings. The highest BCUT2D eigenvalue weighted by Crippen LogP contribution is 2.33. The molecule has 1 aromatic heterocycles. The number of nitrogens with zero attached hydrogens (tertiary/aromatic N) is 2. The van der Waals surface area contributed by atoms with Crippen LogP contribution in [0.15, 0.2) is 83.7 Å². The number of benzene rings is 3. The Morgan fingerprint density at radius 2 is 1.51 bits per heavy atom. The van der Waals surface area contributed by atoms with E-state index >= 15 is 0 Å². The van der Waals surface area contributed by atoms with Gasteiger partial charge in [0.1, 0.15) is 0 Å². The van der Waals surface area contributed by atoms with Crippen molar-refractivity contribution in [3.8, 4) is 11.1 Å². The van der Waals surface area contributed by atoms with Crippen LogP contribution in [-0.2, 0) is 25.6 Å². The van der Waals surface area contributed by atoms with Crippen LogP contribution in [0.4, 0.5) is 13.2 Å². The van der Waals surface area contributed by atoms with Gasteiger partial charge in [-0.25, -0.2) is 14.2 Å². The topological polar surface area (TPSA) is 81.3 Å². The Kier molecular flexibility index (Phi) is 8.18. The molecule has 1 heterocycles. The lowest BCUT2D eigenvalue weighted by Crippen LogP contribution is -2.33. The van der Waals surface area contributed by atoms with Crippen LogP contribution in [0.3, 0.4) is 0 Å². The number of unbranched alkanes of at least 4 members (excludes halogenated alkanes) is 1. The van der Waals surface area contributed by atoms with Crippen molar-refractivity contribution < 1.29 is 27.9 Å². The number of aromatic carboxylic acids is 1. The van der Waals surface area contributed by atoms with Gasteiger partial charge >= 0.3 is 17.8 Å². The second-order valence-electron chi connectivity index (χ2n) is 9.20. The highest BCUT2D eigenvalue weighted by Gasteiger charge is 2.42. The summed E-state index contributed by atoms with van der Waals surface area (Å²) >= 11 is 0. The maximum absolute atomic E-state index is 14.3. The first-order chi connectivity index (χ1) is 18.6. The molecule has 0 saturated heterocycles. The van der Waals surface area contributed by atoms with Crippen molar-refractivity contribution in [1.82, 2.24) is 9.13 Å². The summed E-state index contributed by atoms with van der Waals surface area (Å²) in [6, 6.07) is 21.4. The molecule has 0 aliphatic carbocycles. The molecule has 3 aromatic carbocycles. The SMILES string of the molecule is CCCCc1c(C(F)(F)F)n(C(=O)Cc2ccccc2)c(=O)n1Cc1ccc(-c2ccccc2C(=O)O)cc1. The minimum absolute atomic E-state index is 0.0176. The molecule has 9 heteroatoms. The molecule has 0 amide bonds. The van der Waals surface area contributed by atoms with Crippen molar-refractivity contribution in [2.45, 2.75) is 45.3 Å². The van der Waals surface area contributed by atoms with E-state index < -0.39 is 29.4 Å². The zero-order chi connectivity index (χ0) is 28.2. The van der Waals surface area contributed by atoms with Crippen LogP contribution in [-0.4, -0.2) is 26.1 Å². The molecular weight excluding hydrogens is 509 g/mol. The monoisotopic (exact) mass is 536 g/mol. The molecule has 0 bridgehead atoms. The Morgan fingerprint density at radius 3 is 2.13 bits per heavy atom. The van der Waals surface area contributed by atoms with Crippen molar-refractivity contribution in [3.05, 3.63) is 117 Å². The number of rotatable bonds is 9. The summed E-state index contributed by atoms with van der Waals surface area (Å²) in [6.07, 6.45) is -4.27. The highest BCUT2D eigenvalue weighted by atomic mass is 19.4. The van der Waals surface area contributed by atoms with Gasteiger partial charge in [-0.15, -0.1) is 0 Å². The van der Waals surface area contributed by atoms with Crippen molar-refractivity contribution in [1.29, 1.82) is 0 Å². The standard InChI is InChI=1S/C30H27F3N2O4/c1-2-3-13-25-27(30(31,32)33)35(26(36)18-20-9-5-4-6-10-20)29(39)34(25)19-21-14-16-22(17-15-21)23-11-7-8-12-24(23)28(37)38/h4-12,14-17H,2-3,13,18-19H2,1H3,(H,37,38). The average Bonchev–Trinajstić information content (AvgIpc) is 3.20. The number of hydrogen-bond donors (Lipinski definition) is 1. The Balaban J connectivity index is 1.76. The van der Waals surface area contributed by atoms with E-state index in [2.05, 4.69) is 0 Å². The summed E-state index contributed by atoms with van der Waals surface area (Å²) in [5.74, 6) is -2.03. The van der Waals surface area contributed by atoms with Gasteiger partial charge in [0.05, 0.1) is 24.2 Å². The fourth-order valence-corrected chi connectivity index (χ4v) is 4.61. The van der Waals surface area contributed by atoms with E-state index in [9.17, 15) is 32.7 Å². The van der Waals surface area contributed by atoms with Gasteiger partial charge in [0.25, 0.3) is 0 Å². The van der Waals surface area contributed by atoms with E-state index in [4.69, 9.17) is 0 Å². The van der Waals surface area contributed by atoms with Gasteiger partial charge in [0, 0.05) is 0 Å². The number of imidazole rings is 1. The molecule has 202 valence electrons. The molecule has 0 saturated carbocycles. The minimum atomic E-state index is -4.91. The molecule has 1 N–H and O–H groups in total. The third-order valence-corrected chi connectivity index (χ3v) is 6.49. The van der Waals surface area contributed by atoms with Crippen molar-refractivity contribution in [3.63, 3.8) is 0 Å². The van der Waals surface area contributed by atoms with E-state index in [0.29, 0.717) is 35.1 Å². The van der Waals surface area contributed by atoms with E-state index in [1.165, 1.54) is 6.07 Å². The van der Waals surface area contributed by atoms with Gasteiger partial charge in [-0.3, -0.25) is 9.36 Å². The zero-order valence-electron chi connectivity index (χ0n) is 21.2. The molecule has 0 aliphatic heterocycles. The Morgan fingerprint density at radius 1 is 0.872 bits per heavy atom. The van der Waals surface area contributed by atoms with Crippen LogP contribution in [0, 0.1) is 0 Å². The van der Waals surface area contributed by atoms with Gasteiger partial charge in [-0.05, 0) is 41.2 Å². The molecule has 0 atom stereocenters. The first-order valence-corrected chi connectivity index (χ1v) is 12.5. The first-order valence-electron chi connectivity index (χ1n) is 12.5. The molecule has 0 radical (unpaired) electrons. The van der Waals surface area contributed by atoms with Gasteiger partial charge < -0.3 is 5.11 Å². The van der Waals surface area contributed by atoms with Crippen molar-refractivity contribution >= 4 is 11.9 Å². The van der Waals surface area contributed by atoms with Crippen molar-refractivity contribution in [2.24, 2.45) is 0 Å². The quantitative estimate of drug-likeness (QED) is 0.272. The summed E-state index contributed by atoms with van der Waals surface area (Å²) in [7, 11) is 0. The second-order valence-corrected chi connectivity index (χ2v) is 9.20. The van der Waals surface area contributed by atoms with E-state index in [1.54, 1.807) is 72.8 Å². The Labute approximate surface area is 223 Å². The van der Waals surface area contributed by atoms with Gasteiger partial charge in [-0.2, -0.15) is 13.2 Å². The fraction of sp³-hybridized carbons (Fsp3) is 0.233. The molecule has 0 fully saturated rings. The molecular formula is C30H27F3N2O4. The molecule has 6 nitrogen and oxygen atoms in total. The lowest BCUT2D eigenvalue weighted by atomic mass is 9.98. The lowest BCUT2D eigenvalue weighted by Gasteiger charge is -2.13. The van der Waals surface area contributed by atoms with Crippen LogP contribution >= 0.6 is 0 Å². The Bertz CT molecular complexity index is 1540. The number of alkyl halides is 3. The van der Waals surface area contributed by atoms with Crippen LogP contribution < -0.4 is 5.69 Å². The summed E-state index contributed by atoms with van der Waals surface area (Å²) in [6.45, 7) is 1.66. The molecule has 4 rings (SSSR count). The number of carboxylic acids is 1. The van der Waals surface area contributed by atoms with Crippen LogP contribution in [0.2, 0.25) is 0 Å².